The summed E-state index contributed by atoms with van der Waals surface area (Å²) < 4.78 is 27.9. The number of carbonyl (C=O) groups is 1. The number of amides is 1. The van der Waals surface area contributed by atoms with Crippen LogP contribution in [-0.2, 0) is 21.2 Å². The Morgan fingerprint density at radius 3 is 2.48 bits per heavy atom. The zero-order chi connectivity index (χ0) is 19.3. The Labute approximate surface area is 167 Å². The predicted molar refractivity (Wildman–Crippen MR) is 109 cm³/mol. The van der Waals surface area contributed by atoms with E-state index in [0.29, 0.717) is 10.7 Å². The van der Waals surface area contributed by atoms with Gasteiger partial charge in [-0.25, -0.2) is 8.42 Å². The van der Waals surface area contributed by atoms with Gasteiger partial charge in [-0.1, -0.05) is 54.1 Å². The molecule has 0 aliphatic rings. The second-order valence-electron chi connectivity index (χ2n) is 5.80. The fourth-order valence-corrected chi connectivity index (χ4v) is 4.89. The summed E-state index contributed by atoms with van der Waals surface area (Å²) in [6, 6.07) is 18.1. The summed E-state index contributed by atoms with van der Waals surface area (Å²) in [5.41, 5.74) is 1.35. The van der Waals surface area contributed by atoms with Crippen LogP contribution in [0.3, 0.4) is 0 Å². The molecule has 1 amide bonds. The molecule has 1 atom stereocenters. The fraction of sp³-hybridized carbons (Fsp3) is 0.105. The highest BCUT2D eigenvalue weighted by atomic mass is 35.5. The Hall–Kier alpha value is -2.19. The van der Waals surface area contributed by atoms with E-state index in [9.17, 15) is 13.2 Å². The van der Waals surface area contributed by atoms with Crippen molar-refractivity contribution in [1.29, 1.82) is 0 Å². The number of benzene rings is 2. The molecule has 1 aromatic heterocycles. The van der Waals surface area contributed by atoms with Gasteiger partial charge in [0.2, 0.25) is 5.91 Å². The molecule has 0 aliphatic carbocycles. The van der Waals surface area contributed by atoms with Gasteiger partial charge in [0.15, 0.2) is 0 Å². The molecule has 0 saturated carbocycles. The van der Waals surface area contributed by atoms with Crippen LogP contribution in [0.5, 0.6) is 0 Å². The van der Waals surface area contributed by atoms with E-state index < -0.39 is 22.0 Å². The van der Waals surface area contributed by atoms with Crippen molar-refractivity contribution in [2.75, 3.05) is 5.32 Å². The summed E-state index contributed by atoms with van der Waals surface area (Å²) in [6.07, 6.45) is 0.220. The minimum Gasteiger partial charge on any atom is -0.325 e. The number of thiophene rings is 1. The van der Waals surface area contributed by atoms with Gasteiger partial charge in [0.05, 0.1) is 0 Å². The Bertz CT molecular complexity index is 1010. The van der Waals surface area contributed by atoms with Crippen LogP contribution in [0.4, 0.5) is 5.69 Å². The van der Waals surface area contributed by atoms with Gasteiger partial charge in [0.25, 0.3) is 10.0 Å². The third-order valence-electron chi connectivity index (χ3n) is 3.75. The van der Waals surface area contributed by atoms with Crippen molar-refractivity contribution in [2.24, 2.45) is 0 Å². The summed E-state index contributed by atoms with van der Waals surface area (Å²) in [5, 5.41) is 4.88. The quantitative estimate of drug-likeness (QED) is 0.608. The molecule has 0 bridgehead atoms. The zero-order valence-corrected chi connectivity index (χ0v) is 16.5. The Morgan fingerprint density at radius 2 is 1.81 bits per heavy atom. The van der Waals surface area contributed by atoms with Crippen LogP contribution in [0.25, 0.3) is 0 Å². The molecule has 5 nitrogen and oxygen atoms in total. The highest BCUT2D eigenvalue weighted by Gasteiger charge is 2.26. The van der Waals surface area contributed by atoms with E-state index in [-0.39, 0.29) is 10.6 Å². The SMILES string of the molecule is O=C(Nc1cccc(Cl)c1)[C@@H](Cc1ccccc1)NS(=O)(=O)c1cccs1. The predicted octanol–water partition coefficient (Wildman–Crippen LogP) is 3.93. The largest absolute Gasteiger partial charge is 0.325 e. The minimum absolute atomic E-state index is 0.163. The van der Waals surface area contributed by atoms with Crippen LogP contribution in [0.15, 0.2) is 76.3 Å². The lowest BCUT2D eigenvalue weighted by molar-refractivity contribution is -0.117. The molecule has 3 aromatic rings. The molecular weight excluding hydrogens is 404 g/mol. The third-order valence-corrected chi connectivity index (χ3v) is 6.85. The maximum Gasteiger partial charge on any atom is 0.250 e. The van der Waals surface area contributed by atoms with Gasteiger partial charge in [-0.15, -0.1) is 11.3 Å². The van der Waals surface area contributed by atoms with E-state index in [1.807, 2.05) is 30.3 Å². The van der Waals surface area contributed by atoms with Crippen molar-refractivity contribution in [1.82, 2.24) is 4.72 Å². The minimum atomic E-state index is -3.80. The van der Waals surface area contributed by atoms with E-state index in [4.69, 9.17) is 11.6 Å². The molecule has 2 N–H and O–H groups in total. The molecule has 0 aliphatic heterocycles. The molecule has 140 valence electrons. The number of hydrogen-bond acceptors (Lipinski definition) is 4. The Kier molecular flexibility index (Phi) is 6.28. The molecule has 27 heavy (non-hydrogen) atoms. The number of sulfonamides is 1. The molecule has 0 saturated heterocycles. The number of halogens is 1. The monoisotopic (exact) mass is 420 g/mol. The van der Waals surface area contributed by atoms with Crippen LogP contribution < -0.4 is 10.0 Å². The molecule has 0 radical (unpaired) electrons. The summed E-state index contributed by atoms with van der Waals surface area (Å²) in [6.45, 7) is 0. The van der Waals surface area contributed by atoms with Gasteiger partial charge in [0, 0.05) is 10.7 Å². The maximum absolute atomic E-state index is 12.8. The smallest absolute Gasteiger partial charge is 0.250 e. The van der Waals surface area contributed by atoms with Gasteiger partial charge in [-0.05, 0) is 41.6 Å². The van der Waals surface area contributed by atoms with E-state index in [1.54, 1.807) is 35.7 Å². The number of carbonyl (C=O) groups excluding carboxylic acids is 1. The molecule has 1 heterocycles. The molecular formula is C19H17ClN2O3S2. The number of nitrogens with one attached hydrogen (secondary N) is 2. The first-order chi connectivity index (χ1) is 12.9. The lowest BCUT2D eigenvalue weighted by atomic mass is 10.1. The van der Waals surface area contributed by atoms with Gasteiger partial charge in [-0.3, -0.25) is 4.79 Å². The number of hydrogen-bond donors (Lipinski definition) is 2. The molecule has 3 rings (SSSR count). The van der Waals surface area contributed by atoms with E-state index >= 15 is 0 Å². The van der Waals surface area contributed by atoms with Crippen LogP contribution >= 0.6 is 22.9 Å². The van der Waals surface area contributed by atoms with Crippen LogP contribution in [0.1, 0.15) is 5.56 Å². The summed E-state index contributed by atoms with van der Waals surface area (Å²) >= 11 is 7.05. The van der Waals surface area contributed by atoms with Crippen molar-refractivity contribution in [3.05, 3.63) is 82.7 Å². The average Bonchev–Trinajstić information content (AvgIpc) is 3.17. The Balaban J connectivity index is 1.83. The first-order valence-electron chi connectivity index (χ1n) is 8.10. The highest BCUT2D eigenvalue weighted by molar-refractivity contribution is 7.91. The fourth-order valence-electron chi connectivity index (χ4n) is 2.50. The lowest BCUT2D eigenvalue weighted by Crippen LogP contribution is -2.45. The van der Waals surface area contributed by atoms with Gasteiger partial charge >= 0.3 is 0 Å². The second-order valence-corrected chi connectivity index (χ2v) is 9.12. The highest BCUT2D eigenvalue weighted by Crippen LogP contribution is 2.18. The summed E-state index contributed by atoms with van der Waals surface area (Å²) in [4.78, 5) is 12.8. The van der Waals surface area contributed by atoms with Crippen LogP contribution in [0, 0.1) is 0 Å². The molecule has 2 aromatic carbocycles. The number of rotatable bonds is 7. The second kappa shape index (κ2) is 8.67. The van der Waals surface area contributed by atoms with Gasteiger partial charge in [0.1, 0.15) is 10.3 Å². The molecule has 0 spiro atoms. The number of anilines is 1. The van der Waals surface area contributed by atoms with Crippen LogP contribution in [0.2, 0.25) is 5.02 Å². The summed E-state index contributed by atoms with van der Waals surface area (Å²) in [5.74, 6) is -0.457. The average molecular weight is 421 g/mol. The standard InChI is InChI=1S/C19H17ClN2O3S2/c20-15-8-4-9-16(13-15)21-19(23)17(12-14-6-2-1-3-7-14)22-27(24,25)18-10-5-11-26-18/h1-11,13,17,22H,12H2,(H,21,23)/t17-/m1/s1. The van der Waals surface area contributed by atoms with Gasteiger partial charge in [-0.2, -0.15) is 4.72 Å². The van der Waals surface area contributed by atoms with Crippen molar-refractivity contribution in [2.45, 2.75) is 16.7 Å². The van der Waals surface area contributed by atoms with Crippen molar-refractivity contribution < 1.29 is 13.2 Å². The first kappa shape index (κ1) is 19.6. The van der Waals surface area contributed by atoms with Crippen LogP contribution in [-0.4, -0.2) is 20.4 Å². The third kappa shape index (κ3) is 5.40. The zero-order valence-electron chi connectivity index (χ0n) is 14.1. The lowest BCUT2D eigenvalue weighted by Gasteiger charge is -2.18. The van der Waals surface area contributed by atoms with E-state index in [2.05, 4.69) is 10.0 Å². The van der Waals surface area contributed by atoms with E-state index in [1.165, 1.54) is 6.07 Å². The van der Waals surface area contributed by atoms with Crippen molar-refractivity contribution >= 4 is 44.6 Å². The topological polar surface area (TPSA) is 75.3 Å². The van der Waals surface area contributed by atoms with Crippen molar-refractivity contribution in [3.8, 4) is 0 Å². The first-order valence-corrected chi connectivity index (χ1v) is 10.8. The van der Waals surface area contributed by atoms with E-state index in [0.717, 1.165) is 16.9 Å². The molecule has 8 heteroatoms. The summed E-state index contributed by atoms with van der Waals surface area (Å²) in [7, 11) is -3.80. The Morgan fingerprint density at radius 1 is 1.04 bits per heavy atom. The van der Waals surface area contributed by atoms with Gasteiger partial charge < -0.3 is 5.32 Å². The van der Waals surface area contributed by atoms with Crippen molar-refractivity contribution in [3.63, 3.8) is 0 Å². The molecule has 0 fully saturated rings. The molecule has 0 unspecified atom stereocenters. The maximum atomic E-state index is 12.8. The normalized spacial score (nSPS) is 12.5.